The number of hydrogen-bond donors (Lipinski definition) is 2. The maximum absolute atomic E-state index is 9.66. The topological polar surface area (TPSA) is 49.7 Å². The molecule has 0 aliphatic heterocycles. The number of aliphatic hydroxyl groups excluding tert-OH is 2. The number of aryl methyl sites for hydroxylation is 1. The van der Waals surface area contributed by atoms with Crippen molar-refractivity contribution >= 4 is 0 Å². The van der Waals surface area contributed by atoms with E-state index in [1.165, 1.54) is 11.1 Å². The van der Waals surface area contributed by atoms with Crippen LogP contribution >= 0.6 is 0 Å². The molecule has 0 aliphatic carbocycles. The van der Waals surface area contributed by atoms with Gasteiger partial charge >= 0.3 is 0 Å². The van der Waals surface area contributed by atoms with Gasteiger partial charge in [0.05, 0.1) is 19.8 Å². The summed E-state index contributed by atoms with van der Waals surface area (Å²) in [7, 11) is 1.69. The lowest BCUT2D eigenvalue weighted by atomic mass is 9.81. The molecule has 1 rings (SSSR count). The van der Waals surface area contributed by atoms with Crippen molar-refractivity contribution in [2.24, 2.45) is 0 Å². The Morgan fingerprint density at radius 2 is 1.85 bits per heavy atom. The molecule has 114 valence electrons. The molecule has 0 bridgehead atoms. The van der Waals surface area contributed by atoms with Crippen LogP contribution in [-0.4, -0.2) is 30.0 Å². The van der Waals surface area contributed by atoms with E-state index in [0.29, 0.717) is 6.42 Å². The third kappa shape index (κ3) is 3.97. The zero-order chi connectivity index (χ0) is 15.5. The fourth-order valence-electron chi connectivity index (χ4n) is 2.56. The summed E-state index contributed by atoms with van der Waals surface area (Å²) in [6.07, 6.45) is -0.159. The highest BCUT2D eigenvalue weighted by molar-refractivity contribution is 5.49. The van der Waals surface area contributed by atoms with E-state index >= 15 is 0 Å². The molecule has 3 nitrogen and oxygen atoms in total. The van der Waals surface area contributed by atoms with Gasteiger partial charge in [-0.2, -0.15) is 0 Å². The molecule has 3 heteroatoms. The average molecular weight is 280 g/mol. The van der Waals surface area contributed by atoms with E-state index in [-0.39, 0.29) is 17.9 Å². The molecule has 1 aromatic rings. The Morgan fingerprint density at radius 1 is 1.25 bits per heavy atom. The van der Waals surface area contributed by atoms with Crippen molar-refractivity contribution in [3.05, 3.63) is 28.8 Å². The minimum Gasteiger partial charge on any atom is -0.496 e. The first-order valence-corrected chi connectivity index (χ1v) is 7.18. The molecule has 0 saturated carbocycles. The predicted molar refractivity (Wildman–Crippen MR) is 82.6 cm³/mol. The van der Waals surface area contributed by atoms with E-state index in [4.69, 9.17) is 9.84 Å². The van der Waals surface area contributed by atoms with E-state index in [1.54, 1.807) is 7.11 Å². The maximum atomic E-state index is 9.66. The highest BCUT2D eigenvalue weighted by Gasteiger charge is 2.24. The number of methoxy groups -OCH3 is 1. The third-order valence-corrected chi connectivity index (χ3v) is 3.64. The standard InChI is InChI=1S/C17H28O3/c1-11-7-14(12(2)9-13(19)10-18)16(20-6)15(8-11)17(3,4)5/h7-8,12-13,18-19H,9-10H2,1-6H3. The first-order valence-electron chi connectivity index (χ1n) is 7.18. The molecule has 2 unspecified atom stereocenters. The van der Waals surface area contributed by atoms with Gasteiger partial charge in [-0.3, -0.25) is 0 Å². The Morgan fingerprint density at radius 3 is 2.30 bits per heavy atom. The van der Waals surface area contributed by atoms with Crippen LogP contribution in [0.15, 0.2) is 12.1 Å². The van der Waals surface area contributed by atoms with Crippen LogP contribution in [0.5, 0.6) is 5.75 Å². The second-order valence-electron chi connectivity index (χ2n) is 6.66. The van der Waals surface area contributed by atoms with Gasteiger partial charge in [0.15, 0.2) is 0 Å². The Labute approximate surface area is 122 Å². The van der Waals surface area contributed by atoms with Gasteiger partial charge in [-0.1, -0.05) is 45.4 Å². The zero-order valence-electron chi connectivity index (χ0n) is 13.5. The molecule has 2 atom stereocenters. The molecule has 0 heterocycles. The molecule has 0 radical (unpaired) electrons. The smallest absolute Gasteiger partial charge is 0.126 e. The minimum atomic E-state index is -0.687. The summed E-state index contributed by atoms with van der Waals surface area (Å²) in [5, 5.41) is 18.7. The summed E-state index contributed by atoms with van der Waals surface area (Å²) >= 11 is 0. The summed E-state index contributed by atoms with van der Waals surface area (Å²) in [5.74, 6) is 1.04. The van der Waals surface area contributed by atoms with Crippen molar-refractivity contribution in [2.75, 3.05) is 13.7 Å². The Balaban J connectivity index is 3.28. The fourth-order valence-corrected chi connectivity index (χ4v) is 2.56. The molecular weight excluding hydrogens is 252 g/mol. The third-order valence-electron chi connectivity index (χ3n) is 3.64. The van der Waals surface area contributed by atoms with Crippen molar-refractivity contribution < 1.29 is 14.9 Å². The largest absolute Gasteiger partial charge is 0.496 e. The van der Waals surface area contributed by atoms with Crippen LogP contribution in [0.2, 0.25) is 0 Å². The van der Waals surface area contributed by atoms with Crippen molar-refractivity contribution in [3.8, 4) is 5.75 Å². The molecule has 20 heavy (non-hydrogen) atoms. The quantitative estimate of drug-likeness (QED) is 0.871. The Bertz CT molecular complexity index is 446. The number of aliphatic hydroxyl groups is 2. The van der Waals surface area contributed by atoms with Gasteiger partial charge in [0.25, 0.3) is 0 Å². The molecule has 0 amide bonds. The lowest BCUT2D eigenvalue weighted by molar-refractivity contribution is 0.0833. The average Bonchev–Trinajstić information content (AvgIpc) is 2.36. The van der Waals surface area contributed by atoms with E-state index in [1.807, 2.05) is 0 Å². The van der Waals surface area contributed by atoms with Crippen molar-refractivity contribution in [2.45, 2.75) is 58.5 Å². The van der Waals surface area contributed by atoms with Crippen molar-refractivity contribution in [1.29, 1.82) is 0 Å². The first-order chi connectivity index (χ1) is 9.20. The Kier molecular flexibility index (Phi) is 5.60. The molecular formula is C17H28O3. The van der Waals surface area contributed by atoms with E-state index in [9.17, 15) is 5.11 Å². The van der Waals surface area contributed by atoms with Crippen LogP contribution in [0, 0.1) is 6.92 Å². The zero-order valence-corrected chi connectivity index (χ0v) is 13.5. The summed E-state index contributed by atoms with van der Waals surface area (Å²) < 4.78 is 5.65. The van der Waals surface area contributed by atoms with Gasteiger partial charge in [0.2, 0.25) is 0 Å². The van der Waals surface area contributed by atoms with Gasteiger partial charge in [-0.05, 0) is 30.2 Å². The monoisotopic (exact) mass is 280 g/mol. The van der Waals surface area contributed by atoms with Crippen molar-refractivity contribution in [1.82, 2.24) is 0 Å². The molecule has 0 spiro atoms. The van der Waals surface area contributed by atoms with E-state index in [2.05, 4.69) is 46.8 Å². The second kappa shape index (κ2) is 6.59. The lowest BCUT2D eigenvalue weighted by Crippen LogP contribution is -2.18. The number of rotatable bonds is 5. The fraction of sp³-hybridized carbons (Fsp3) is 0.647. The second-order valence-corrected chi connectivity index (χ2v) is 6.66. The van der Waals surface area contributed by atoms with Gasteiger partial charge in [-0.15, -0.1) is 0 Å². The van der Waals surface area contributed by atoms with Crippen LogP contribution < -0.4 is 4.74 Å². The van der Waals surface area contributed by atoms with Gasteiger partial charge < -0.3 is 14.9 Å². The highest BCUT2D eigenvalue weighted by Crippen LogP contribution is 2.39. The normalized spacial score (nSPS) is 15.0. The Hall–Kier alpha value is -1.06. The van der Waals surface area contributed by atoms with Crippen molar-refractivity contribution in [3.63, 3.8) is 0 Å². The predicted octanol–water partition coefficient (Wildman–Crippen LogP) is 3.15. The summed E-state index contributed by atoms with van der Waals surface area (Å²) in [6, 6.07) is 4.28. The van der Waals surface area contributed by atoms with E-state index < -0.39 is 6.10 Å². The summed E-state index contributed by atoms with van der Waals surface area (Å²) in [6.45, 7) is 10.4. The highest BCUT2D eigenvalue weighted by atomic mass is 16.5. The first kappa shape index (κ1) is 17.0. The molecule has 0 aromatic heterocycles. The number of benzene rings is 1. The molecule has 1 aromatic carbocycles. The number of hydrogen-bond acceptors (Lipinski definition) is 3. The number of ether oxygens (including phenoxy) is 1. The van der Waals surface area contributed by atoms with Crippen LogP contribution in [-0.2, 0) is 5.41 Å². The summed E-state index contributed by atoms with van der Waals surface area (Å²) in [5.41, 5.74) is 3.47. The van der Waals surface area contributed by atoms with Crippen LogP contribution in [0.25, 0.3) is 0 Å². The SMILES string of the molecule is COc1c(C(C)CC(O)CO)cc(C)cc1C(C)(C)C. The molecule has 0 fully saturated rings. The van der Waals surface area contributed by atoms with Crippen LogP contribution in [0.3, 0.4) is 0 Å². The van der Waals surface area contributed by atoms with E-state index in [0.717, 1.165) is 11.3 Å². The van der Waals surface area contributed by atoms with Gasteiger partial charge in [-0.25, -0.2) is 0 Å². The minimum absolute atomic E-state index is 0.00142. The van der Waals surface area contributed by atoms with Gasteiger partial charge in [0.1, 0.15) is 5.75 Å². The van der Waals surface area contributed by atoms with Gasteiger partial charge in [0, 0.05) is 5.56 Å². The van der Waals surface area contributed by atoms with Crippen LogP contribution in [0.1, 0.15) is 56.7 Å². The molecule has 2 N–H and O–H groups in total. The lowest BCUT2D eigenvalue weighted by Gasteiger charge is -2.27. The molecule has 0 saturated heterocycles. The van der Waals surface area contributed by atoms with Crippen LogP contribution in [0.4, 0.5) is 0 Å². The summed E-state index contributed by atoms with van der Waals surface area (Å²) in [4.78, 5) is 0. The maximum Gasteiger partial charge on any atom is 0.126 e. The molecule has 0 aliphatic rings.